The molecule has 184 valence electrons. The number of carbonyl (C=O) groups excluding carboxylic acids is 2. The number of nitrogens with one attached hydrogen (secondary N) is 2. The molecule has 5 rings (SSSR count). The van der Waals surface area contributed by atoms with Crippen molar-refractivity contribution < 1.29 is 14.3 Å². The molecule has 0 aliphatic carbocycles. The van der Waals surface area contributed by atoms with E-state index in [9.17, 15) is 9.59 Å². The number of nitrogens with zero attached hydrogens (tertiary/aromatic N) is 2. The molecule has 0 radical (unpaired) electrons. The van der Waals surface area contributed by atoms with Crippen molar-refractivity contribution in [1.82, 2.24) is 9.55 Å². The first-order chi connectivity index (χ1) is 17.5. The van der Waals surface area contributed by atoms with Crippen molar-refractivity contribution in [3.8, 4) is 0 Å². The summed E-state index contributed by atoms with van der Waals surface area (Å²) >= 11 is 0. The van der Waals surface area contributed by atoms with Gasteiger partial charge >= 0.3 is 5.97 Å². The summed E-state index contributed by atoms with van der Waals surface area (Å²) in [6.45, 7) is 2.56. The van der Waals surface area contributed by atoms with Crippen LogP contribution in [-0.2, 0) is 27.8 Å². The molecule has 0 saturated carbocycles. The maximum Gasteiger partial charge on any atom is 0.306 e. The first-order valence-corrected chi connectivity index (χ1v) is 12.3. The Morgan fingerprint density at radius 2 is 1.92 bits per heavy atom. The Balaban J connectivity index is 1.25. The molecular formula is C29H30N4O3. The molecule has 36 heavy (non-hydrogen) atoms. The van der Waals surface area contributed by atoms with Gasteiger partial charge in [0.05, 0.1) is 30.5 Å². The number of imidazole rings is 1. The summed E-state index contributed by atoms with van der Waals surface area (Å²) in [6, 6.07) is 21.8. The van der Waals surface area contributed by atoms with Crippen molar-refractivity contribution in [2.75, 3.05) is 17.2 Å². The van der Waals surface area contributed by atoms with E-state index in [1.54, 1.807) is 0 Å². The monoisotopic (exact) mass is 482 g/mol. The van der Waals surface area contributed by atoms with Crippen LogP contribution in [0.4, 0.5) is 17.3 Å². The molecule has 0 bridgehead atoms. The number of rotatable bonds is 6. The molecule has 0 spiro atoms. The normalized spacial score (nSPS) is 15.8. The molecule has 7 nitrogen and oxygen atoms in total. The Labute approximate surface area is 210 Å². The van der Waals surface area contributed by atoms with E-state index in [-0.39, 0.29) is 24.2 Å². The zero-order chi connectivity index (χ0) is 25.1. The van der Waals surface area contributed by atoms with Crippen LogP contribution < -0.4 is 10.6 Å². The Morgan fingerprint density at radius 3 is 2.72 bits per heavy atom. The minimum Gasteiger partial charge on any atom is -0.466 e. The maximum atomic E-state index is 12.8. The third-order valence-electron chi connectivity index (χ3n) is 6.74. The molecule has 1 unspecified atom stereocenters. The van der Waals surface area contributed by atoms with Crippen LogP contribution in [0.3, 0.4) is 0 Å². The van der Waals surface area contributed by atoms with Crippen LogP contribution in [0.5, 0.6) is 0 Å². The predicted molar refractivity (Wildman–Crippen MR) is 142 cm³/mol. The third-order valence-corrected chi connectivity index (χ3v) is 6.74. The number of benzene rings is 3. The molecule has 1 aliphatic rings. The van der Waals surface area contributed by atoms with E-state index < -0.39 is 0 Å². The number of carbonyl (C=O) groups is 2. The van der Waals surface area contributed by atoms with Crippen molar-refractivity contribution in [2.45, 2.75) is 38.5 Å². The van der Waals surface area contributed by atoms with E-state index in [1.807, 2.05) is 72.3 Å². The standard InChI is InChI=1S/C29H30N4O3/c1-19-6-3-4-8-24(19)31-29-32-25-14-9-20(16-26(25)33(29)2)17-27(34)30-23-12-10-21(11-13-23)22-7-5-15-36-28(35)18-22/h3-4,6,8-14,16,22H,5,7,15,17-18H2,1-2H3,(H,30,34)(H,31,32). The fourth-order valence-corrected chi connectivity index (χ4v) is 4.68. The van der Waals surface area contributed by atoms with Crippen molar-refractivity contribution in [2.24, 2.45) is 7.05 Å². The third kappa shape index (κ3) is 5.25. The van der Waals surface area contributed by atoms with Gasteiger partial charge < -0.3 is 19.9 Å². The summed E-state index contributed by atoms with van der Waals surface area (Å²) < 4.78 is 7.15. The van der Waals surface area contributed by atoms with Crippen molar-refractivity contribution in [1.29, 1.82) is 0 Å². The van der Waals surface area contributed by atoms with Crippen molar-refractivity contribution >= 4 is 40.2 Å². The van der Waals surface area contributed by atoms with Gasteiger partial charge in [0.25, 0.3) is 0 Å². The van der Waals surface area contributed by atoms with Crippen LogP contribution >= 0.6 is 0 Å². The average Bonchev–Trinajstić information content (AvgIpc) is 3.01. The SMILES string of the molecule is Cc1ccccc1Nc1nc2ccc(CC(=O)Nc3ccc(C4CCCOC(=O)C4)cc3)cc2n1C. The second kappa shape index (κ2) is 10.2. The Morgan fingerprint density at radius 1 is 1.11 bits per heavy atom. The van der Waals surface area contributed by atoms with E-state index in [0.29, 0.717) is 13.0 Å². The van der Waals surface area contributed by atoms with Gasteiger partial charge in [-0.1, -0.05) is 36.4 Å². The highest BCUT2D eigenvalue weighted by Crippen LogP contribution is 2.29. The van der Waals surface area contributed by atoms with E-state index in [0.717, 1.165) is 57.9 Å². The van der Waals surface area contributed by atoms with Gasteiger partial charge in [0.15, 0.2) is 0 Å². The molecule has 1 amide bonds. The second-order valence-corrected chi connectivity index (χ2v) is 9.37. The summed E-state index contributed by atoms with van der Waals surface area (Å²) in [4.78, 5) is 29.2. The van der Waals surface area contributed by atoms with Gasteiger partial charge in [-0.3, -0.25) is 9.59 Å². The van der Waals surface area contributed by atoms with Gasteiger partial charge in [-0.25, -0.2) is 4.98 Å². The van der Waals surface area contributed by atoms with Crippen molar-refractivity contribution in [3.63, 3.8) is 0 Å². The summed E-state index contributed by atoms with van der Waals surface area (Å²) in [5, 5.41) is 6.39. The first kappa shape index (κ1) is 23.6. The number of anilines is 3. The van der Waals surface area contributed by atoms with Crippen LogP contribution in [0, 0.1) is 6.92 Å². The lowest BCUT2D eigenvalue weighted by atomic mass is 9.92. The van der Waals surface area contributed by atoms with Crippen LogP contribution in [-0.4, -0.2) is 28.0 Å². The topological polar surface area (TPSA) is 85.2 Å². The zero-order valence-electron chi connectivity index (χ0n) is 20.6. The minimum atomic E-state index is -0.140. The predicted octanol–water partition coefficient (Wildman–Crippen LogP) is 5.62. The Kier molecular flexibility index (Phi) is 6.71. The second-order valence-electron chi connectivity index (χ2n) is 9.37. The summed E-state index contributed by atoms with van der Waals surface area (Å²) in [5.74, 6) is 0.697. The highest BCUT2D eigenvalue weighted by atomic mass is 16.5. The largest absolute Gasteiger partial charge is 0.466 e. The average molecular weight is 483 g/mol. The van der Waals surface area contributed by atoms with E-state index >= 15 is 0 Å². The van der Waals surface area contributed by atoms with Gasteiger partial charge in [-0.05, 0) is 72.7 Å². The zero-order valence-corrected chi connectivity index (χ0v) is 20.6. The number of hydrogen-bond acceptors (Lipinski definition) is 5. The van der Waals surface area contributed by atoms with Gasteiger partial charge in [0, 0.05) is 18.4 Å². The molecule has 4 aromatic rings. The Bertz CT molecular complexity index is 1410. The minimum absolute atomic E-state index is 0.0828. The van der Waals surface area contributed by atoms with Crippen LogP contribution in [0.2, 0.25) is 0 Å². The highest BCUT2D eigenvalue weighted by molar-refractivity contribution is 5.93. The molecular weight excluding hydrogens is 452 g/mol. The van der Waals surface area contributed by atoms with Gasteiger partial charge in [0.2, 0.25) is 11.9 Å². The number of hydrogen-bond donors (Lipinski definition) is 2. The molecule has 1 aromatic heterocycles. The van der Waals surface area contributed by atoms with Gasteiger partial charge in [-0.2, -0.15) is 0 Å². The number of amides is 1. The van der Waals surface area contributed by atoms with Gasteiger partial charge in [0.1, 0.15) is 0 Å². The molecule has 2 heterocycles. The van der Waals surface area contributed by atoms with E-state index in [1.165, 1.54) is 0 Å². The lowest BCUT2D eigenvalue weighted by Crippen LogP contribution is -2.14. The quantitative estimate of drug-likeness (QED) is 0.349. The van der Waals surface area contributed by atoms with E-state index in [2.05, 4.69) is 23.6 Å². The first-order valence-electron chi connectivity index (χ1n) is 12.3. The molecule has 1 atom stereocenters. The van der Waals surface area contributed by atoms with Gasteiger partial charge in [-0.15, -0.1) is 0 Å². The number of aromatic nitrogens is 2. The van der Waals surface area contributed by atoms with Crippen LogP contribution in [0.1, 0.15) is 41.9 Å². The fraction of sp³-hybridized carbons (Fsp3) is 0.276. The lowest BCUT2D eigenvalue weighted by Gasteiger charge is -2.13. The fourth-order valence-electron chi connectivity index (χ4n) is 4.68. The number of para-hydroxylation sites is 1. The number of aryl methyl sites for hydroxylation is 2. The number of cyclic esters (lactones) is 1. The molecule has 1 saturated heterocycles. The number of fused-ring (bicyclic) bond motifs is 1. The smallest absolute Gasteiger partial charge is 0.306 e. The highest BCUT2D eigenvalue weighted by Gasteiger charge is 2.20. The summed E-state index contributed by atoms with van der Waals surface area (Å²) in [7, 11) is 1.97. The number of esters is 1. The Hall–Kier alpha value is -4.13. The lowest BCUT2D eigenvalue weighted by molar-refractivity contribution is -0.142. The molecule has 2 N–H and O–H groups in total. The molecule has 3 aromatic carbocycles. The molecule has 1 aliphatic heterocycles. The van der Waals surface area contributed by atoms with Crippen LogP contribution in [0.25, 0.3) is 11.0 Å². The summed E-state index contributed by atoms with van der Waals surface area (Å²) in [5.41, 5.74) is 6.75. The molecule has 7 heteroatoms. The number of ether oxygens (including phenoxy) is 1. The molecule has 1 fully saturated rings. The van der Waals surface area contributed by atoms with Crippen LogP contribution in [0.15, 0.2) is 66.7 Å². The van der Waals surface area contributed by atoms with E-state index in [4.69, 9.17) is 9.72 Å². The maximum absolute atomic E-state index is 12.8. The summed E-state index contributed by atoms with van der Waals surface area (Å²) in [6.07, 6.45) is 2.47. The van der Waals surface area contributed by atoms with Crippen molar-refractivity contribution in [3.05, 3.63) is 83.4 Å².